The molecule has 2 heterocycles. The summed E-state index contributed by atoms with van der Waals surface area (Å²) in [6.07, 6.45) is 5.13. The molecule has 0 aliphatic carbocycles. The topological polar surface area (TPSA) is 50.2 Å². The predicted molar refractivity (Wildman–Crippen MR) is 87.4 cm³/mol. The van der Waals surface area contributed by atoms with Gasteiger partial charge in [0.05, 0.1) is 17.9 Å². The summed E-state index contributed by atoms with van der Waals surface area (Å²) in [7, 11) is 0. The van der Waals surface area contributed by atoms with Crippen molar-refractivity contribution < 1.29 is 0 Å². The maximum absolute atomic E-state index is 12.3. The van der Waals surface area contributed by atoms with E-state index in [-0.39, 0.29) is 16.6 Å². The van der Waals surface area contributed by atoms with Crippen LogP contribution in [-0.2, 0) is 0 Å². The summed E-state index contributed by atoms with van der Waals surface area (Å²) in [4.78, 5) is 14.4. The van der Waals surface area contributed by atoms with E-state index in [0.29, 0.717) is 6.04 Å². The van der Waals surface area contributed by atoms with Crippen LogP contribution in [0.5, 0.6) is 0 Å². The van der Waals surface area contributed by atoms with Gasteiger partial charge in [-0.3, -0.25) is 4.79 Å². The standard InChI is InChI=1S/C15H25ClN4O/c1-4-7-17-12-6-5-8-19(10-12)13-9-18-20(11(2)3)15(21)14(13)16/h9,11-12,17H,4-8,10H2,1-3H3. The fourth-order valence-corrected chi connectivity index (χ4v) is 2.99. The van der Waals surface area contributed by atoms with Gasteiger partial charge in [0.1, 0.15) is 5.02 Å². The van der Waals surface area contributed by atoms with Crippen molar-refractivity contribution in [1.82, 2.24) is 15.1 Å². The fraction of sp³-hybridized carbons (Fsp3) is 0.733. The van der Waals surface area contributed by atoms with Crippen molar-refractivity contribution in [1.29, 1.82) is 0 Å². The fourth-order valence-electron chi connectivity index (χ4n) is 2.74. The molecular weight excluding hydrogens is 288 g/mol. The van der Waals surface area contributed by atoms with E-state index >= 15 is 0 Å². The molecule has 21 heavy (non-hydrogen) atoms. The molecule has 0 spiro atoms. The molecule has 0 bridgehead atoms. The molecule has 1 atom stereocenters. The number of nitrogens with zero attached hydrogens (tertiary/aromatic N) is 3. The van der Waals surface area contributed by atoms with Gasteiger partial charge in [0.15, 0.2) is 0 Å². The SMILES string of the molecule is CCCNC1CCCN(c2cnn(C(C)C)c(=O)c2Cl)C1. The Bertz CT molecular complexity index is 529. The number of piperidine rings is 1. The molecular formula is C15H25ClN4O. The average Bonchev–Trinajstić information content (AvgIpc) is 2.47. The first-order chi connectivity index (χ1) is 10.0. The first-order valence-electron chi connectivity index (χ1n) is 7.80. The largest absolute Gasteiger partial charge is 0.367 e. The van der Waals surface area contributed by atoms with Crippen molar-refractivity contribution in [3.05, 3.63) is 21.6 Å². The van der Waals surface area contributed by atoms with Crippen molar-refractivity contribution in [2.75, 3.05) is 24.5 Å². The molecule has 6 heteroatoms. The van der Waals surface area contributed by atoms with E-state index in [1.54, 1.807) is 6.20 Å². The second-order valence-corrected chi connectivity index (χ2v) is 6.30. The Hall–Kier alpha value is -1.07. The normalized spacial score (nSPS) is 19.3. The molecule has 0 saturated carbocycles. The zero-order valence-electron chi connectivity index (χ0n) is 13.1. The van der Waals surface area contributed by atoms with Crippen LogP contribution in [0.25, 0.3) is 0 Å². The van der Waals surface area contributed by atoms with Gasteiger partial charge in [-0.05, 0) is 39.7 Å². The van der Waals surface area contributed by atoms with Crippen LogP contribution in [0.4, 0.5) is 5.69 Å². The second kappa shape index (κ2) is 7.27. The number of hydrogen-bond donors (Lipinski definition) is 1. The molecule has 1 aromatic rings. The quantitative estimate of drug-likeness (QED) is 0.907. The Labute approximate surface area is 131 Å². The van der Waals surface area contributed by atoms with Crippen LogP contribution < -0.4 is 15.8 Å². The van der Waals surface area contributed by atoms with E-state index in [9.17, 15) is 4.79 Å². The van der Waals surface area contributed by atoms with Gasteiger partial charge in [0.25, 0.3) is 5.56 Å². The van der Waals surface area contributed by atoms with Crippen LogP contribution in [-0.4, -0.2) is 35.5 Å². The van der Waals surface area contributed by atoms with E-state index in [2.05, 4.69) is 22.2 Å². The van der Waals surface area contributed by atoms with E-state index in [4.69, 9.17) is 11.6 Å². The van der Waals surface area contributed by atoms with Gasteiger partial charge in [-0.25, -0.2) is 4.68 Å². The van der Waals surface area contributed by atoms with Crippen molar-refractivity contribution in [2.45, 2.75) is 52.1 Å². The molecule has 1 aliphatic rings. The summed E-state index contributed by atoms with van der Waals surface area (Å²) in [5.41, 5.74) is 0.564. The van der Waals surface area contributed by atoms with Crippen molar-refractivity contribution in [2.24, 2.45) is 0 Å². The summed E-state index contributed by atoms with van der Waals surface area (Å²) in [6, 6.07) is 0.478. The van der Waals surface area contributed by atoms with E-state index in [0.717, 1.165) is 38.2 Å². The van der Waals surface area contributed by atoms with Crippen LogP contribution in [0.15, 0.2) is 11.0 Å². The predicted octanol–water partition coefficient (Wildman–Crippen LogP) is 2.45. The number of aromatic nitrogens is 2. The average molecular weight is 313 g/mol. The van der Waals surface area contributed by atoms with Crippen LogP contribution >= 0.6 is 11.6 Å². The summed E-state index contributed by atoms with van der Waals surface area (Å²) in [5, 5.41) is 8.09. The number of hydrogen-bond acceptors (Lipinski definition) is 4. The summed E-state index contributed by atoms with van der Waals surface area (Å²) in [5.74, 6) is 0. The highest BCUT2D eigenvalue weighted by Gasteiger charge is 2.23. The van der Waals surface area contributed by atoms with Crippen molar-refractivity contribution >= 4 is 17.3 Å². The van der Waals surface area contributed by atoms with E-state index < -0.39 is 0 Å². The second-order valence-electron chi connectivity index (χ2n) is 5.93. The third kappa shape index (κ3) is 3.77. The van der Waals surface area contributed by atoms with E-state index in [1.807, 2.05) is 13.8 Å². The van der Waals surface area contributed by atoms with Gasteiger partial charge in [0.2, 0.25) is 0 Å². The molecule has 0 radical (unpaired) electrons. The lowest BCUT2D eigenvalue weighted by Crippen LogP contribution is -2.46. The third-order valence-corrected chi connectivity index (χ3v) is 4.21. The molecule has 0 amide bonds. The van der Waals surface area contributed by atoms with Crippen LogP contribution in [0.3, 0.4) is 0 Å². The lowest BCUT2D eigenvalue weighted by Gasteiger charge is -2.35. The summed E-state index contributed by atoms with van der Waals surface area (Å²) < 4.78 is 1.43. The molecule has 1 N–H and O–H groups in total. The molecule has 1 aliphatic heterocycles. The summed E-state index contributed by atoms with van der Waals surface area (Å²) in [6.45, 7) is 8.86. The maximum atomic E-state index is 12.3. The zero-order valence-corrected chi connectivity index (χ0v) is 13.9. The van der Waals surface area contributed by atoms with E-state index in [1.165, 1.54) is 11.1 Å². The maximum Gasteiger partial charge on any atom is 0.287 e. The Morgan fingerprint density at radius 2 is 2.29 bits per heavy atom. The number of nitrogens with one attached hydrogen (secondary N) is 1. The highest BCUT2D eigenvalue weighted by molar-refractivity contribution is 6.33. The smallest absolute Gasteiger partial charge is 0.287 e. The van der Waals surface area contributed by atoms with Gasteiger partial charge in [-0.1, -0.05) is 18.5 Å². The van der Waals surface area contributed by atoms with Crippen molar-refractivity contribution in [3.63, 3.8) is 0 Å². The van der Waals surface area contributed by atoms with Gasteiger partial charge in [-0.2, -0.15) is 5.10 Å². The van der Waals surface area contributed by atoms with Gasteiger partial charge < -0.3 is 10.2 Å². The lowest BCUT2D eigenvalue weighted by atomic mass is 10.1. The Morgan fingerprint density at radius 3 is 2.95 bits per heavy atom. The number of anilines is 1. The number of halogens is 1. The molecule has 118 valence electrons. The van der Waals surface area contributed by atoms with Crippen LogP contribution in [0, 0.1) is 0 Å². The van der Waals surface area contributed by atoms with Crippen molar-refractivity contribution in [3.8, 4) is 0 Å². The molecule has 5 nitrogen and oxygen atoms in total. The Morgan fingerprint density at radius 1 is 1.52 bits per heavy atom. The zero-order chi connectivity index (χ0) is 15.4. The van der Waals surface area contributed by atoms with Gasteiger partial charge in [0, 0.05) is 19.1 Å². The number of rotatable bonds is 5. The molecule has 1 fully saturated rings. The van der Waals surface area contributed by atoms with Crippen LogP contribution in [0.2, 0.25) is 5.02 Å². The van der Waals surface area contributed by atoms with Gasteiger partial charge >= 0.3 is 0 Å². The molecule has 1 aromatic heterocycles. The first-order valence-corrected chi connectivity index (χ1v) is 8.18. The molecule has 1 unspecified atom stereocenters. The lowest BCUT2D eigenvalue weighted by molar-refractivity contribution is 0.422. The molecule has 2 rings (SSSR count). The molecule has 1 saturated heterocycles. The monoisotopic (exact) mass is 312 g/mol. The molecule has 0 aromatic carbocycles. The Kier molecular flexibility index (Phi) is 5.65. The Balaban J connectivity index is 2.18. The third-order valence-electron chi connectivity index (χ3n) is 3.86. The van der Waals surface area contributed by atoms with Crippen LogP contribution in [0.1, 0.15) is 46.1 Å². The minimum atomic E-state index is -0.201. The summed E-state index contributed by atoms with van der Waals surface area (Å²) >= 11 is 6.29. The minimum Gasteiger partial charge on any atom is -0.367 e. The minimum absolute atomic E-state index is 0.0179. The first kappa shape index (κ1) is 16.3. The van der Waals surface area contributed by atoms with Gasteiger partial charge in [-0.15, -0.1) is 0 Å². The highest BCUT2D eigenvalue weighted by Crippen LogP contribution is 2.25. The highest BCUT2D eigenvalue weighted by atomic mass is 35.5.